The molecule has 130 valence electrons. The van der Waals surface area contributed by atoms with Gasteiger partial charge < -0.3 is 9.64 Å². The van der Waals surface area contributed by atoms with Crippen LogP contribution in [0.15, 0.2) is 36.4 Å². The van der Waals surface area contributed by atoms with E-state index in [1.165, 1.54) is 17.7 Å². The minimum atomic E-state index is -0.775. The van der Waals surface area contributed by atoms with Gasteiger partial charge in [-0.2, -0.15) is 0 Å². The van der Waals surface area contributed by atoms with Gasteiger partial charge in [0.1, 0.15) is 0 Å². The molecule has 0 unspecified atom stereocenters. The Bertz CT molecular complexity index is 838. The van der Waals surface area contributed by atoms with E-state index in [0.717, 1.165) is 12.0 Å². The molecule has 0 aliphatic carbocycles. The van der Waals surface area contributed by atoms with Gasteiger partial charge in [-0.05, 0) is 29.7 Å². The minimum absolute atomic E-state index is 0.0125. The first-order valence-corrected chi connectivity index (χ1v) is 8.76. The predicted molar refractivity (Wildman–Crippen MR) is 97.3 cm³/mol. The first-order chi connectivity index (χ1) is 12.0. The van der Waals surface area contributed by atoms with E-state index in [2.05, 4.69) is 6.07 Å². The van der Waals surface area contributed by atoms with E-state index in [-0.39, 0.29) is 33.1 Å². The van der Waals surface area contributed by atoms with Crippen molar-refractivity contribution in [3.63, 3.8) is 0 Å². The maximum absolute atomic E-state index is 12.3. The van der Waals surface area contributed by atoms with Gasteiger partial charge in [-0.15, -0.1) is 0 Å². The Balaban J connectivity index is 1.64. The van der Waals surface area contributed by atoms with Crippen LogP contribution in [-0.4, -0.2) is 29.9 Å². The van der Waals surface area contributed by atoms with Crippen LogP contribution in [0.3, 0.4) is 0 Å². The summed E-state index contributed by atoms with van der Waals surface area (Å²) in [6.45, 7) is 0.720. The van der Waals surface area contributed by atoms with Gasteiger partial charge in [0, 0.05) is 13.1 Å². The molecule has 0 N–H and O–H groups in total. The lowest BCUT2D eigenvalue weighted by Crippen LogP contribution is -2.38. The molecule has 0 fully saturated rings. The molecular weight excluding hydrogens is 385 g/mol. The summed E-state index contributed by atoms with van der Waals surface area (Å²) in [4.78, 5) is 26.2. The average molecular weight is 399 g/mol. The number of fused-ring (bicyclic) bond motifs is 1. The number of hydrogen-bond acceptors (Lipinski definition) is 3. The second-order valence-corrected chi connectivity index (χ2v) is 6.82. The summed E-state index contributed by atoms with van der Waals surface area (Å²) in [6, 6.07) is 10.9. The average Bonchev–Trinajstić information content (AvgIpc) is 2.62. The Morgan fingerprint density at radius 1 is 1.00 bits per heavy atom. The van der Waals surface area contributed by atoms with Crippen molar-refractivity contribution in [3.05, 3.63) is 68.2 Å². The highest BCUT2D eigenvalue weighted by Crippen LogP contribution is 2.31. The van der Waals surface area contributed by atoms with Crippen molar-refractivity contribution in [2.75, 3.05) is 13.2 Å². The van der Waals surface area contributed by atoms with Crippen molar-refractivity contribution < 1.29 is 14.3 Å². The molecule has 0 radical (unpaired) electrons. The van der Waals surface area contributed by atoms with Crippen molar-refractivity contribution in [1.82, 2.24) is 4.90 Å². The molecule has 25 heavy (non-hydrogen) atoms. The van der Waals surface area contributed by atoms with E-state index >= 15 is 0 Å². The molecule has 4 nitrogen and oxygen atoms in total. The number of amides is 1. The fourth-order valence-corrected chi connectivity index (χ4v) is 3.40. The van der Waals surface area contributed by atoms with Crippen LogP contribution < -0.4 is 0 Å². The third kappa shape index (κ3) is 3.92. The number of rotatable bonds is 3. The second kappa shape index (κ2) is 7.65. The Labute approximate surface area is 160 Å². The van der Waals surface area contributed by atoms with E-state index in [4.69, 9.17) is 39.5 Å². The number of nitrogens with zero attached hydrogens (tertiary/aromatic N) is 1. The van der Waals surface area contributed by atoms with Gasteiger partial charge in [-0.1, -0.05) is 59.1 Å². The Morgan fingerprint density at radius 2 is 1.68 bits per heavy atom. The summed E-state index contributed by atoms with van der Waals surface area (Å²) in [6.07, 6.45) is 0.780. The summed E-state index contributed by atoms with van der Waals surface area (Å²) < 4.78 is 5.09. The van der Waals surface area contributed by atoms with Crippen LogP contribution in [-0.2, 0) is 22.5 Å². The second-order valence-electron chi connectivity index (χ2n) is 5.63. The molecule has 0 atom stereocenters. The maximum Gasteiger partial charge on any atom is 0.341 e. The predicted octanol–water partition coefficient (Wildman–Crippen LogP) is 4.39. The number of ether oxygens (including phenoxy) is 1. The molecule has 0 aromatic heterocycles. The number of carbonyl (C=O) groups is 2. The number of hydrogen-bond donors (Lipinski definition) is 0. The molecule has 7 heteroatoms. The molecule has 1 aliphatic heterocycles. The fraction of sp³-hybridized carbons (Fsp3) is 0.222. The third-order valence-corrected chi connectivity index (χ3v) is 5.18. The standard InChI is InChI=1S/C18H14Cl3NO3/c19-13-5-6-14(20)17(21)16(13)18(24)25-10-15(23)22-8-7-11-3-1-2-4-12(11)9-22/h1-6H,7-10H2. The molecule has 1 heterocycles. The van der Waals surface area contributed by atoms with Crippen LogP contribution in [0, 0.1) is 0 Å². The molecule has 0 spiro atoms. The summed E-state index contributed by atoms with van der Waals surface area (Å²) in [5.74, 6) is -1.04. The highest BCUT2D eigenvalue weighted by atomic mass is 35.5. The quantitative estimate of drug-likeness (QED) is 0.569. The molecule has 2 aromatic carbocycles. The summed E-state index contributed by atoms with van der Waals surface area (Å²) >= 11 is 17.9. The molecule has 1 aliphatic rings. The maximum atomic E-state index is 12.3. The van der Waals surface area contributed by atoms with E-state index < -0.39 is 5.97 Å². The van der Waals surface area contributed by atoms with Gasteiger partial charge in [0.05, 0.1) is 20.6 Å². The highest BCUT2D eigenvalue weighted by molar-refractivity contribution is 6.46. The molecule has 0 saturated carbocycles. The number of esters is 1. The number of benzene rings is 2. The summed E-state index contributed by atoms with van der Waals surface area (Å²) in [5.41, 5.74) is 2.31. The van der Waals surface area contributed by atoms with Crippen molar-refractivity contribution in [2.45, 2.75) is 13.0 Å². The Kier molecular flexibility index (Phi) is 5.52. The van der Waals surface area contributed by atoms with E-state index in [0.29, 0.717) is 13.1 Å². The van der Waals surface area contributed by atoms with Crippen LogP contribution in [0.4, 0.5) is 0 Å². The number of carbonyl (C=O) groups excluding carboxylic acids is 2. The normalized spacial score (nSPS) is 13.3. The molecule has 3 rings (SSSR count). The molecule has 1 amide bonds. The topological polar surface area (TPSA) is 46.6 Å². The van der Waals surface area contributed by atoms with Gasteiger partial charge >= 0.3 is 5.97 Å². The lowest BCUT2D eigenvalue weighted by atomic mass is 10.00. The zero-order valence-corrected chi connectivity index (χ0v) is 15.4. The molecule has 0 saturated heterocycles. The summed E-state index contributed by atoms with van der Waals surface area (Å²) in [5, 5.41) is 0.328. The number of halogens is 3. The van der Waals surface area contributed by atoms with Gasteiger partial charge in [0.25, 0.3) is 5.91 Å². The first-order valence-electron chi connectivity index (χ1n) is 7.62. The van der Waals surface area contributed by atoms with Crippen molar-refractivity contribution in [2.24, 2.45) is 0 Å². The minimum Gasteiger partial charge on any atom is -0.452 e. The van der Waals surface area contributed by atoms with E-state index in [1.54, 1.807) is 4.90 Å². The van der Waals surface area contributed by atoms with Crippen LogP contribution in [0.1, 0.15) is 21.5 Å². The summed E-state index contributed by atoms with van der Waals surface area (Å²) in [7, 11) is 0. The SMILES string of the molecule is O=C(OCC(=O)N1CCc2ccccc2C1)c1c(Cl)ccc(Cl)c1Cl. The van der Waals surface area contributed by atoms with Gasteiger partial charge in [-0.25, -0.2) is 4.79 Å². The van der Waals surface area contributed by atoms with Crippen molar-refractivity contribution >= 4 is 46.7 Å². The third-order valence-electron chi connectivity index (χ3n) is 4.06. The zero-order valence-electron chi connectivity index (χ0n) is 13.1. The highest BCUT2D eigenvalue weighted by Gasteiger charge is 2.23. The zero-order chi connectivity index (χ0) is 18.0. The van der Waals surface area contributed by atoms with Crippen molar-refractivity contribution in [1.29, 1.82) is 0 Å². The monoisotopic (exact) mass is 397 g/mol. The largest absolute Gasteiger partial charge is 0.452 e. The smallest absolute Gasteiger partial charge is 0.341 e. The van der Waals surface area contributed by atoms with E-state index in [9.17, 15) is 9.59 Å². The van der Waals surface area contributed by atoms with Crippen LogP contribution in [0.5, 0.6) is 0 Å². The van der Waals surface area contributed by atoms with Gasteiger partial charge in [0.2, 0.25) is 0 Å². The Morgan fingerprint density at radius 3 is 2.44 bits per heavy atom. The fourth-order valence-electron chi connectivity index (χ4n) is 2.71. The van der Waals surface area contributed by atoms with Gasteiger partial charge in [0.15, 0.2) is 6.61 Å². The molecule has 2 aromatic rings. The van der Waals surface area contributed by atoms with Crippen LogP contribution in [0.2, 0.25) is 15.1 Å². The van der Waals surface area contributed by atoms with E-state index in [1.807, 2.05) is 18.2 Å². The first kappa shape index (κ1) is 18.1. The van der Waals surface area contributed by atoms with Gasteiger partial charge in [-0.3, -0.25) is 4.79 Å². The molecular formula is C18H14Cl3NO3. The molecule has 0 bridgehead atoms. The lowest BCUT2D eigenvalue weighted by molar-refractivity contribution is -0.135. The lowest BCUT2D eigenvalue weighted by Gasteiger charge is -2.28. The Hall–Kier alpha value is -1.75. The van der Waals surface area contributed by atoms with Crippen LogP contribution >= 0.6 is 34.8 Å². The van der Waals surface area contributed by atoms with Crippen LogP contribution in [0.25, 0.3) is 0 Å². The van der Waals surface area contributed by atoms with Crippen molar-refractivity contribution in [3.8, 4) is 0 Å².